The number of hydrogen-bond acceptors (Lipinski definition) is 4. The zero-order chi connectivity index (χ0) is 17.7. The van der Waals surface area contributed by atoms with Crippen LogP contribution in [0.4, 0.5) is 0 Å². The average Bonchev–Trinajstić information content (AvgIpc) is 2.53. The number of rotatable bonds is 5. The minimum Gasteiger partial charge on any atom is -0.506 e. The van der Waals surface area contributed by atoms with Gasteiger partial charge in [0, 0.05) is 10.0 Å². The quantitative estimate of drug-likeness (QED) is 0.527. The van der Waals surface area contributed by atoms with E-state index < -0.39 is 0 Å². The lowest BCUT2D eigenvalue weighted by Crippen LogP contribution is -2.24. The number of hydrazone groups is 1. The van der Waals surface area contributed by atoms with Crippen molar-refractivity contribution >= 4 is 44.0 Å². The molecule has 0 spiro atoms. The van der Waals surface area contributed by atoms with Gasteiger partial charge in [0.1, 0.15) is 11.5 Å². The summed E-state index contributed by atoms with van der Waals surface area (Å²) in [7, 11) is 0. The number of nitrogens with one attached hydrogen (secondary N) is 1. The zero-order valence-corrected chi connectivity index (χ0v) is 16.3. The first kappa shape index (κ1) is 18.5. The molecule has 126 valence electrons. The molecule has 0 radical (unpaired) electrons. The van der Waals surface area contributed by atoms with Gasteiger partial charge in [0.15, 0.2) is 6.61 Å². The van der Waals surface area contributed by atoms with Gasteiger partial charge >= 0.3 is 0 Å². The molecule has 2 N–H and O–H groups in total. The maximum Gasteiger partial charge on any atom is 0.277 e. The van der Waals surface area contributed by atoms with Gasteiger partial charge in [-0.2, -0.15) is 5.10 Å². The molecule has 0 aliphatic heterocycles. The van der Waals surface area contributed by atoms with E-state index in [0.717, 1.165) is 15.6 Å². The molecule has 2 rings (SSSR count). The number of aromatic hydroxyl groups is 1. The SMILES string of the molecule is Cc1cccc(OCC(=O)N/N=C/c2cc(Br)cc(Br)c2O)c1C. The molecule has 0 bridgehead atoms. The fourth-order valence-corrected chi connectivity index (χ4v) is 3.17. The molecule has 0 aliphatic rings. The van der Waals surface area contributed by atoms with Gasteiger partial charge in [-0.25, -0.2) is 5.43 Å². The van der Waals surface area contributed by atoms with E-state index in [1.165, 1.54) is 6.21 Å². The van der Waals surface area contributed by atoms with E-state index in [-0.39, 0.29) is 18.3 Å². The molecule has 1 amide bonds. The van der Waals surface area contributed by atoms with E-state index in [2.05, 4.69) is 42.4 Å². The first-order chi connectivity index (χ1) is 11.4. The van der Waals surface area contributed by atoms with Gasteiger partial charge in [-0.1, -0.05) is 28.1 Å². The van der Waals surface area contributed by atoms with Crippen LogP contribution in [0.2, 0.25) is 0 Å². The topological polar surface area (TPSA) is 70.9 Å². The molecule has 0 saturated carbocycles. The van der Waals surface area contributed by atoms with Crippen LogP contribution >= 0.6 is 31.9 Å². The van der Waals surface area contributed by atoms with Crippen LogP contribution in [0.1, 0.15) is 16.7 Å². The van der Waals surface area contributed by atoms with Crippen molar-refractivity contribution in [1.29, 1.82) is 0 Å². The van der Waals surface area contributed by atoms with Gasteiger partial charge in [-0.05, 0) is 59.1 Å². The summed E-state index contributed by atoms with van der Waals surface area (Å²) in [4.78, 5) is 11.8. The Hall–Kier alpha value is -1.86. The number of phenolic OH excluding ortho intramolecular Hbond substituents is 1. The van der Waals surface area contributed by atoms with Gasteiger partial charge in [-0.3, -0.25) is 4.79 Å². The number of nitrogens with zero attached hydrogens (tertiary/aromatic N) is 1. The van der Waals surface area contributed by atoms with Crippen molar-refractivity contribution in [2.24, 2.45) is 5.10 Å². The van der Waals surface area contributed by atoms with Crippen LogP contribution < -0.4 is 10.2 Å². The molecule has 24 heavy (non-hydrogen) atoms. The fraction of sp³-hybridized carbons (Fsp3) is 0.176. The highest BCUT2D eigenvalue weighted by atomic mass is 79.9. The summed E-state index contributed by atoms with van der Waals surface area (Å²) in [5.74, 6) is 0.325. The fourth-order valence-electron chi connectivity index (χ4n) is 1.91. The van der Waals surface area contributed by atoms with Gasteiger partial charge < -0.3 is 9.84 Å². The van der Waals surface area contributed by atoms with Crippen LogP contribution in [0.15, 0.2) is 44.4 Å². The van der Waals surface area contributed by atoms with E-state index in [1.54, 1.807) is 12.1 Å². The average molecular weight is 456 g/mol. The number of benzene rings is 2. The summed E-state index contributed by atoms with van der Waals surface area (Å²) in [5.41, 5.74) is 4.93. The Labute approximate surface area is 157 Å². The van der Waals surface area contributed by atoms with Crippen molar-refractivity contribution in [3.05, 3.63) is 56.0 Å². The third-order valence-corrected chi connectivity index (χ3v) is 4.43. The van der Waals surface area contributed by atoms with E-state index >= 15 is 0 Å². The molecule has 0 saturated heterocycles. The number of hydrogen-bond donors (Lipinski definition) is 2. The lowest BCUT2D eigenvalue weighted by molar-refractivity contribution is -0.123. The molecule has 0 atom stereocenters. The number of halogens is 2. The minimum absolute atomic E-state index is 0.0443. The Morgan fingerprint density at radius 2 is 2.08 bits per heavy atom. The monoisotopic (exact) mass is 454 g/mol. The predicted octanol–water partition coefficient (Wildman–Crippen LogP) is 4.06. The molecular formula is C17H16Br2N2O3. The third-order valence-electron chi connectivity index (χ3n) is 3.36. The molecule has 2 aromatic carbocycles. The molecular weight excluding hydrogens is 440 g/mol. The van der Waals surface area contributed by atoms with Crippen LogP contribution in [0.25, 0.3) is 0 Å². The van der Waals surface area contributed by atoms with E-state index in [1.807, 2.05) is 32.0 Å². The summed E-state index contributed by atoms with van der Waals surface area (Å²) >= 11 is 6.55. The molecule has 0 fully saturated rings. The van der Waals surface area contributed by atoms with Crippen molar-refractivity contribution in [1.82, 2.24) is 5.43 Å². The highest BCUT2D eigenvalue weighted by Crippen LogP contribution is 2.30. The smallest absolute Gasteiger partial charge is 0.277 e. The van der Waals surface area contributed by atoms with Crippen molar-refractivity contribution in [2.45, 2.75) is 13.8 Å². The summed E-state index contributed by atoms with van der Waals surface area (Å²) < 4.78 is 6.80. The van der Waals surface area contributed by atoms with Gasteiger partial charge in [0.2, 0.25) is 0 Å². The Balaban J connectivity index is 1.93. The molecule has 7 heteroatoms. The van der Waals surface area contributed by atoms with Gasteiger partial charge in [-0.15, -0.1) is 0 Å². The van der Waals surface area contributed by atoms with Gasteiger partial charge in [0.05, 0.1) is 10.7 Å². The summed E-state index contributed by atoms with van der Waals surface area (Å²) in [6, 6.07) is 9.07. The molecule has 0 heterocycles. The van der Waals surface area contributed by atoms with Crippen LogP contribution in [-0.4, -0.2) is 23.8 Å². The minimum atomic E-state index is -0.388. The Morgan fingerprint density at radius 3 is 2.83 bits per heavy atom. The summed E-state index contributed by atoms with van der Waals surface area (Å²) in [6.07, 6.45) is 1.36. The Kier molecular flexibility index (Phi) is 6.39. The lowest BCUT2D eigenvalue weighted by atomic mass is 10.1. The molecule has 0 aliphatic carbocycles. The van der Waals surface area contributed by atoms with E-state index in [9.17, 15) is 9.90 Å². The van der Waals surface area contributed by atoms with Crippen molar-refractivity contribution < 1.29 is 14.6 Å². The summed E-state index contributed by atoms with van der Waals surface area (Å²) in [6.45, 7) is 3.78. The largest absolute Gasteiger partial charge is 0.506 e. The standard InChI is InChI=1S/C17H16Br2N2O3/c1-10-4-3-5-15(11(10)2)24-9-16(22)21-20-8-12-6-13(18)7-14(19)17(12)23/h3-8,23H,9H2,1-2H3,(H,21,22)/b20-8+. The Morgan fingerprint density at radius 1 is 1.33 bits per heavy atom. The zero-order valence-electron chi connectivity index (χ0n) is 13.1. The number of ether oxygens (including phenoxy) is 1. The van der Waals surface area contributed by atoms with E-state index in [0.29, 0.717) is 15.8 Å². The first-order valence-corrected chi connectivity index (χ1v) is 8.66. The predicted molar refractivity (Wildman–Crippen MR) is 101 cm³/mol. The number of amides is 1. The van der Waals surface area contributed by atoms with Crippen LogP contribution in [0, 0.1) is 13.8 Å². The number of carbonyl (C=O) groups is 1. The van der Waals surface area contributed by atoms with Crippen molar-refractivity contribution in [3.8, 4) is 11.5 Å². The van der Waals surface area contributed by atoms with Crippen LogP contribution in [-0.2, 0) is 4.79 Å². The lowest BCUT2D eigenvalue weighted by Gasteiger charge is -2.09. The number of phenols is 1. The number of aryl methyl sites for hydroxylation is 1. The first-order valence-electron chi connectivity index (χ1n) is 7.07. The summed E-state index contributed by atoms with van der Waals surface area (Å²) in [5, 5.41) is 13.7. The van der Waals surface area contributed by atoms with Crippen molar-refractivity contribution in [2.75, 3.05) is 6.61 Å². The normalized spacial score (nSPS) is 10.8. The number of carbonyl (C=O) groups excluding carboxylic acids is 1. The maximum absolute atomic E-state index is 11.8. The molecule has 0 unspecified atom stereocenters. The van der Waals surface area contributed by atoms with Crippen LogP contribution in [0.5, 0.6) is 11.5 Å². The highest BCUT2D eigenvalue weighted by Gasteiger charge is 2.07. The van der Waals surface area contributed by atoms with E-state index in [4.69, 9.17) is 4.74 Å². The molecule has 5 nitrogen and oxygen atoms in total. The van der Waals surface area contributed by atoms with Crippen LogP contribution in [0.3, 0.4) is 0 Å². The highest BCUT2D eigenvalue weighted by molar-refractivity contribution is 9.11. The second-order valence-electron chi connectivity index (χ2n) is 5.11. The molecule has 2 aromatic rings. The maximum atomic E-state index is 11.8. The molecule has 0 aromatic heterocycles. The third kappa shape index (κ3) is 4.82. The second kappa shape index (κ2) is 8.30. The second-order valence-corrected chi connectivity index (χ2v) is 6.88. The Bertz CT molecular complexity index is 792. The van der Waals surface area contributed by atoms with Crippen molar-refractivity contribution in [3.63, 3.8) is 0 Å². The van der Waals surface area contributed by atoms with Gasteiger partial charge in [0.25, 0.3) is 5.91 Å².